The lowest BCUT2D eigenvalue weighted by atomic mass is 10.4. The summed E-state index contributed by atoms with van der Waals surface area (Å²) < 4.78 is 0.956. The van der Waals surface area contributed by atoms with Gasteiger partial charge in [-0.2, -0.15) is 11.8 Å². The zero-order valence-corrected chi connectivity index (χ0v) is 9.94. The Morgan fingerprint density at radius 1 is 1.50 bits per heavy atom. The van der Waals surface area contributed by atoms with Crippen molar-refractivity contribution in [1.82, 2.24) is 9.97 Å². The molecule has 5 heteroatoms. The zero-order valence-electron chi connectivity index (χ0n) is 6.97. The second-order valence-corrected chi connectivity index (χ2v) is 4.30. The van der Waals surface area contributed by atoms with Crippen LogP contribution in [0, 0.1) is 10.5 Å². The quantitative estimate of drug-likeness (QED) is 0.846. The fourth-order valence-corrected chi connectivity index (χ4v) is 1.46. The molecule has 12 heavy (non-hydrogen) atoms. The summed E-state index contributed by atoms with van der Waals surface area (Å²) in [6.07, 6.45) is 2.02. The molecule has 0 aromatic carbocycles. The van der Waals surface area contributed by atoms with E-state index >= 15 is 0 Å². The SMILES string of the molecule is CSCc1nc(C)c(I)c(N)n1. The van der Waals surface area contributed by atoms with E-state index in [1.54, 1.807) is 11.8 Å². The Kier molecular flexibility index (Phi) is 3.57. The smallest absolute Gasteiger partial charge is 0.140 e. The van der Waals surface area contributed by atoms with E-state index in [2.05, 4.69) is 32.6 Å². The number of hydrogen-bond donors (Lipinski definition) is 1. The molecule has 2 N–H and O–H groups in total. The van der Waals surface area contributed by atoms with E-state index in [9.17, 15) is 0 Å². The Bertz CT molecular complexity index is 267. The Morgan fingerprint density at radius 3 is 2.67 bits per heavy atom. The second-order valence-electron chi connectivity index (χ2n) is 2.36. The Morgan fingerprint density at radius 2 is 2.17 bits per heavy atom. The highest BCUT2D eigenvalue weighted by Gasteiger charge is 2.04. The van der Waals surface area contributed by atoms with Crippen LogP contribution in [-0.4, -0.2) is 16.2 Å². The number of nitrogens with zero attached hydrogens (tertiary/aromatic N) is 2. The summed E-state index contributed by atoms with van der Waals surface area (Å²) in [7, 11) is 0. The van der Waals surface area contributed by atoms with Gasteiger partial charge in [-0.05, 0) is 35.8 Å². The molecule has 0 atom stereocenters. The monoisotopic (exact) mass is 295 g/mol. The van der Waals surface area contributed by atoms with Gasteiger partial charge in [0, 0.05) is 0 Å². The molecule has 1 rings (SSSR count). The molecule has 0 saturated heterocycles. The Hall–Kier alpha value is -0.0400. The lowest BCUT2D eigenvalue weighted by molar-refractivity contribution is 0.992. The van der Waals surface area contributed by atoms with Gasteiger partial charge >= 0.3 is 0 Å². The number of rotatable bonds is 2. The summed E-state index contributed by atoms with van der Waals surface area (Å²) in [5.41, 5.74) is 6.65. The van der Waals surface area contributed by atoms with Crippen molar-refractivity contribution in [3.63, 3.8) is 0 Å². The fraction of sp³-hybridized carbons (Fsp3) is 0.429. The first-order chi connectivity index (χ1) is 5.65. The van der Waals surface area contributed by atoms with Crippen molar-refractivity contribution >= 4 is 40.2 Å². The molecule has 0 aliphatic rings. The third kappa shape index (κ3) is 2.22. The predicted molar refractivity (Wildman–Crippen MR) is 61.1 cm³/mol. The first kappa shape index (κ1) is 10.0. The summed E-state index contributed by atoms with van der Waals surface area (Å²) in [6, 6.07) is 0. The Balaban J connectivity index is 3.04. The first-order valence-corrected chi connectivity index (χ1v) is 5.90. The number of anilines is 1. The van der Waals surface area contributed by atoms with Gasteiger partial charge in [-0.15, -0.1) is 0 Å². The number of aromatic nitrogens is 2. The maximum atomic E-state index is 5.68. The molecule has 1 aromatic heterocycles. The molecule has 0 bridgehead atoms. The maximum absolute atomic E-state index is 5.68. The van der Waals surface area contributed by atoms with Gasteiger partial charge in [-0.1, -0.05) is 0 Å². The molecule has 0 fully saturated rings. The van der Waals surface area contributed by atoms with Gasteiger partial charge in [0.15, 0.2) is 0 Å². The van der Waals surface area contributed by atoms with Crippen LogP contribution in [0.15, 0.2) is 0 Å². The molecule has 3 nitrogen and oxygen atoms in total. The third-order valence-corrected chi connectivity index (χ3v) is 3.24. The molecule has 0 aliphatic heterocycles. The largest absolute Gasteiger partial charge is 0.383 e. The summed E-state index contributed by atoms with van der Waals surface area (Å²) in [6.45, 7) is 1.95. The average molecular weight is 295 g/mol. The summed E-state index contributed by atoms with van der Waals surface area (Å²) in [4.78, 5) is 8.47. The van der Waals surface area contributed by atoms with E-state index in [0.717, 1.165) is 20.8 Å². The van der Waals surface area contributed by atoms with Crippen LogP contribution >= 0.6 is 34.4 Å². The highest BCUT2D eigenvalue weighted by atomic mass is 127. The number of thioether (sulfide) groups is 1. The van der Waals surface area contributed by atoms with Crippen molar-refractivity contribution in [2.75, 3.05) is 12.0 Å². The molecule has 0 spiro atoms. The van der Waals surface area contributed by atoms with Crippen molar-refractivity contribution in [2.24, 2.45) is 0 Å². The van der Waals surface area contributed by atoms with Crippen molar-refractivity contribution < 1.29 is 0 Å². The molecule has 0 amide bonds. The summed E-state index contributed by atoms with van der Waals surface area (Å²) in [5.74, 6) is 2.23. The van der Waals surface area contributed by atoms with Crippen LogP contribution in [-0.2, 0) is 5.75 Å². The molecular weight excluding hydrogens is 285 g/mol. The van der Waals surface area contributed by atoms with Gasteiger partial charge in [0.25, 0.3) is 0 Å². The van der Waals surface area contributed by atoms with Gasteiger partial charge in [0.1, 0.15) is 11.6 Å². The summed E-state index contributed by atoms with van der Waals surface area (Å²) in [5, 5.41) is 0. The minimum atomic E-state index is 0.590. The fourth-order valence-electron chi connectivity index (χ4n) is 0.835. The number of nitrogen functional groups attached to an aromatic ring is 1. The predicted octanol–water partition coefficient (Wildman–Crippen LogP) is 1.83. The lowest BCUT2D eigenvalue weighted by Gasteiger charge is -2.03. The van der Waals surface area contributed by atoms with E-state index < -0.39 is 0 Å². The number of hydrogen-bond acceptors (Lipinski definition) is 4. The molecule has 0 aliphatic carbocycles. The molecular formula is C7H10IN3S. The van der Waals surface area contributed by atoms with Crippen LogP contribution in [0.1, 0.15) is 11.5 Å². The highest BCUT2D eigenvalue weighted by Crippen LogP contribution is 2.16. The van der Waals surface area contributed by atoms with E-state index in [0.29, 0.717) is 5.82 Å². The van der Waals surface area contributed by atoms with Crippen LogP contribution in [0.2, 0.25) is 0 Å². The van der Waals surface area contributed by atoms with Crippen molar-refractivity contribution in [1.29, 1.82) is 0 Å². The summed E-state index contributed by atoms with van der Waals surface area (Å²) >= 11 is 3.85. The molecule has 1 aromatic rings. The molecule has 0 saturated carbocycles. The van der Waals surface area contributed by atoms with Crippen LogP contribution in [0.4, 0.5) is 5.82 Å². The second kappa shape index (κ2) is 4.27. The van der Waals surface area contributed by atoms with E-state index in [1.165, 1.54) is 0 Å². The zero-order chi connectivity index (χ0) is 9.14. The van der Waals surface area contributed by atoms with Crippen LogP contribution < -0.4 is 5.73 Å². The van der Waals surface area contributed by atoms with Gasteiger partial charge in [-0.3, -0.25) is 0 Å². The molecule has 66 valence electrons. The van der Waals surface area contributed by atoms with E-state index in [1.807, 2.05) is 13.2 Å². The minimum Gasteiger partial charge on any atom is -0.383 e. The van der Waals surface area contributed by atoms with Crippen LogP contribution in [0.3, 0.4) is 0 Å². The molecule has 1 heterocycles. The van der Waals surface area contributed by atoms with Gasteiger partial charge in [-0.25, -0.2) is 9.97 Å². The van der Waals surface area contributed by atoms with Crippen molar-refractivity contribution in [2.45, 2.75) is 12.7 Å². The van der Waals surface area contributed by atoms with E-state index in [-0.39, 0.29) is 0 Å². The van der Waals surface area contributed by atoms with Crippen molar-refractivity contribution in [3.05, 3.63) is 15.1 Å². The Labute approximate surface area is 89.7 Å². The topological polar surface area (TPSA) is 51.8 Å². The van der Waals surface area contributed by atoms with Gasteiger partial charge in [0.2, 0.25) is 0 Å². The first-order valence-electron chi connectivity index (χ1n) is 3.42. The van der Waals surface area contributed by atoms with E-state index in [4.69, 9.17) is 5.73 Å². The van der Waals surface area contributed by atoms with Gasteiger partial charge in [0.05, 0.1) is 15.0 Å². The van der Waals surface area contributed by atoms with Crippen LogP contribution in [0.25, 0.3) is 0 Å². The highest BCUT2D eigenvalue weighted by molar-refractivity contribution is 14.1. The van der Waals surface area contributed by atoms with Crippen molar-refractivity contribution in [3.8, 4) is 0 Å². The maximum Gasteiger partial charge on any atom is 0.140 e. The lowest BCUT2D eigenvalue weighted by Crippen LogP contribution is -2.03. The number of aryl methyl sites for hydroxylation is 1. The molecule has 0 radical (unpaired) electrons. The molecule has 0 unspecified atom stereocenters. The van der Waals surface area contributed by atoms with Gasteiger partial charge < -0.3 is 5.73 Å². The standard InChI is InChI=1S/C7H10IN3S/c1-4-6(8)7(9)11-5(10-4)3-12-2/h3H2,1-2H3,(H2,9,10,11). The number of halogens is 1. The minimum absolute atomic E-state index is 0.590. The van der Waals surface area contributed by atoms with Crippen LogP contribution in [0.5, 0.6) is 0 Å². The normalized spacial score (nSPS) is 10.2. The number of nitrogens with two attached hydrogens (primary N) is 1. The average Bonchev–Trinajstić information content (AvgIpc) is 2.01. The third-order valence-electron chi connectivity index (χ3n) is 1.36.